The van der Waals surface area contributed by atoms with Gasteiger partial charge in [-0.05, 0) is 153 Å². The molecular weight excluding hydrogens is 832 g/mol. The highest BCUT2D eigenvalue weighted by atomic mass is 15.2. The number of hydrogen-bond acceptors (Lipinski definition) is 2. The van der Waals surface area contributed by atoms with E-state index in [0.29, 0.717) is 0 Å². The van der Waals surface area contributed by atoms with Gasteiger partial charge in [0.15, 0.2) is 0 Å². The second kappa shape index (κ2) is 15.9. The predicted octanol–water partition coefficient (Wildman–Crippen LogP) is 16.6. The summed E-state index contributed by atoms with van der Waals surface area (Å²) >= 11 is 0. The maximum absolute atomic E-state index is 2.62. The smallest absolute Gasteiger partial charge is 0.252 e. The van der Waals surface area contributed by atoms with E-state index in [1.54, 1.807) is 0 Å². The first-order valence-electron chi connectivity index (χ1n) is 25.0. The van der Waals surface area contributed by atoms with Crippen molar-refractivity contribution >= 4 is 78.8 Å². The Morgan fingerprint density at radius 3 is 1.12 bits per heavy atom. The van der Waals surface area contributed by atoms with Crippen molar-refractivity contribution in [2.24, 2.45) is 0 Å². The minimum atomic E-state index is -0.133. The van der Waals surface area contributed by atoms with Gasteiger partial charge in [-0.25, -0.2) is 0 Å². The summed E-state index contributed by atoms with van der Waals surface area (Å²) in [5, 5.41) is 5.05. The maximum Gasteiger partial charge on any atom is 0.252 e. The quantitative estimate of drug-likeness (QED) is 0.128. The summed E-state index contributed by atoms with van der Waals surface area (Å²) in [5.74, 6) is 0. The number of benzene rings is 9. The van der Waals surface area contributed by atoms with E-state index < -0.39 is 0 Å². The van der Waals surface area contributed by atoms with E-state index in [1.807, 2.05) is 0 Å². The van der Waals surface area contributed by atoms with Crippen molar-refractivity contribution in [2.45, 2.75) is 105 Å². The Kier molecular flexibility index (Phi) is 10.3. The Bertz CT molecular complexity index is 3450. The molecule has 342 valence electrons. The molecule has 0 saturated heterocycles. The fourth-order valence-corrected chi connectivity index (χ4v) is 11.2. The van der Waals surface area contributed by atoms with Crippen LogP contribution in [0, 0.1) is 0 Å². The van der Waals surface area contributed by atoms with Crippen LogP contribution in [0.15, 0.2) is 176 Å². The van der Waals surface area contributed by atoms with Crippen LogP contribution in [0.2, 0.25) is 0 Å². The Morgan fingerprint density at radius 2 is 0.681 bits per heavy atom. The number of rotatable bonds is 4. The molecule has 0 aliphatic carbocycles. The van der Waals surface area contributed by atoms with E-state index in [9.17, 15) is 0 Å². The van der Waals surface area contributed by atoms with Crippen LogP contribution in [0.3, 0.4) is 0 Å². The maximum atomic E-state index is 2.62. The van der Waals surface area contributed by atoms with Gasteiger partial charge in [-0.1, -0.05) is 210 Å². The predicted molar refractivity (Wildman–Crippen MR) is 301 cm³/mol. The highest BCUT2D eigenvalue weighted by molar-refractivity contribution is 7.00. The summed E-state index contributed by atoms with van der Waals surface area (Å²) in [7, 11) is 0. The standard InChI is InChI=1S/C66H65BN2/c1-63(2,3)44-27-32-48(33-28-44)68-56-37-46(65(7,8)9)31-36-54(56)67-55-40-52-53(61(43-23-17-14-18-24-43)51-26-20-19-25-50(51)60(52)42-21-15-13-16-22-42)41-57(55)69(49-34-29-45(30-35-49)64(4,5)6)59-39-47(66(10,11)12)38-58(68)62(59)67/h13-41H,1-12H3. The zero-order chi connectivity index (χ0) is 48.4. The van der Waals surface area contributed by atoms with E-state index in [4.69, 9.17) is 0 Å². The molecule has 0 fully saturated rings. The lowest BCUT2D eigenvalue weighted by Crippen LogP contribution is -2.61. The Labute approximate surface area is 411 Å². The van der Waals surface area contributed by atoms with Crippen LogP contribution in [0.1, 0.15) is 105 Å². The van der Waals surface area contributed by atoms with Gasteiger partial charge in [0.05, 0.1) is 0 Å². The van der Waals surface area contributed by atoms with E-state index in [2.05, 4.69) is 269 Å². The van der Waals surface area contributed by atoms with Crippen LogP contribution >= 0.6 is 0 Å². The van der Waals surface area contributed by atoms with Crippen molar-refractivity contribution in [1.82, 2.24) is 0 Å². The Balaban J connectivity index is 1.32. The van der Waals surface area contributed by atoms with Crippen LogP contribution in [0.25, 0.3) is 43.8 Å². The van der Waals surface area contributed by atoms with Crippen molar-refractivity contribution in [3.8, 4) is 22.3 Å². The molecule has 11 rings (SSSR count). The van der Waals surface area contributed by atoms with E-state index in [0.717, 1.165) is 5.69 Å². The number of hydrogen-bond donors (Lipinski definition) is 0. The van der Waals surface area contributed by atoms with E-state index in [1.165, 1.54) is 111 Å². The molecule has 0 N–H and O–H groups in total. The molecule has 0 spiro atoms. The van der Waals surface area contributed by atoms with Gasteiger partial charge in [-0.2, -0.15) is 0 Å². The lowest BCUT2D eigenvalue weighted by atomic mass is 9.33. The van der Waals surface area contributed by atoms with Crippen LogP contribution in [0.5, 0.6) is 0 Å². The van der Waals surface area contributed by atoms with Crippen LogP contribution < -0.4 is 26.2 Å². The van der Waals surface area contributed by atoms with Crippen LogP contribution in [-0.4, -0.2) is 6.71 Å². The van der Waals surface area contributed by atoms with E-state index in [-0.39, 0.29) is 28.4 Å². The van der Waals surface area contributed by atoms with Gasteiger partial charge in [-0.15, -0.1) is 0 Å². The molecule has 2 nitrogen and oxygen atoms in total. The lowest BCUT2D eigenvalue weighted by molar-refractivity contribution is 0.589. The number of anilines is 6. The zero-order valence-electron chi connectivity index (χ0n) is 42.7. The van der Waals surface area contributed by atoms with Gasteiger partial charge in [0.25, 0.3) is 6.71 Å². The largest absolute Gasteiger partial charge is 0.311 e. The first kappa shape index (κ1) is 44.7. The molecule has 0 saturated carbocycles. The third-order valence-electron chi connectivity index (χ3n) is 15.1. The molecule has 0 amide bonds. The minimum Gasteiger partial charge on any atom is -0.311 e. The molecule has 2 aliphatic rings. The summed E-state index contributed by atoms with van der Waals surface area (Å²) in [6.07, 6.45) is 0. The van der Waals surface area contributed by atoms with Gasteiger partial charge >= 0.3 is 0 Å². The van der Waals surface area contributed by atoms with Crippen LogP contribution in [-0.2, 0) is 21.7 Å². The molecule has 69 heavy (non-hydrogen) atoms. The van der Waals surface area contributed by atoms with Crippen LogP contribution in [0.4, 0.5) is 34.1 Å². The average molecular weight is 897 g/mol. The summed E-state index contributed by atoms with van der Waals surface area (Å²) in [5.41, 5.74) is 21.4. The molecule has 9 aromatic carbocycles. The van der Waals surface area contributed by atoms with Gasteiger partial charge in [0, 0.05) is 34.1 Å². The molecule has 3 heteroatoms. The van der Waals surface area contributed by atoms with Crippen molar-refractivity contribution < 1.29 is 0 Å². The Hall–Kier alpha value is -6.84. The second-order valence-corrected chi connectivity index (χ2v) is 23.9. The van der Waals surface area contributed by atoms with E-state index >= 15 is 0 Å². The molecule has 0 radical (unpaired) electrons. The van der Waals surface area contributed by atoms with Gasteiger partial charge in [0.2, 0.25) is 0 Å². The molecule has 0 aromatic heterocycles. The van der Waals surface area contributed by atoms with Gasteiger partial charge in [-0.3, -0.25) is 0 Å². The van der Waals surface area contributed by atoms with Crippen molar-refractivity contribution in [3.63, 3.8) is 0 Å². The molecule has 2 heterocycles. The molecular formula is C66H65BN2. The Morgan fingerprint density at radius 1 is 0.304 bits per heavy atom. The number of fused-ring (bicyclic) bond motifs is 6. The summed E-state index contributed by atoms with van der Waals surface area (Å²) < 4.78 is 0. The second-order valence-electron chi connectivity index (χ2n) is 23.9. The SMILES string of the molecule is CC(C)(C)c1ccc(N2c3cc(C(C)(C)C)ccc3B3c4cc5c(-c6ccccc6)c6ccccc6c(-c6ccccc6)c5cc4N(c4ccc(C(C)(C)C)cc4)c4cc(C(C)(C)C)cc2c43)cc1. The lowest BCUT2D eigenvalue weighted by Gasteiger charge is -2.45. The third-order valence-corrected chi connectivity index (χ3v) is 15.1. The third kappa shape index (κ3) is 7.48. The summed E-state index contributed by atoms with van der Waals surface area (Å²) in [4.78, 5) is 5.22. The number of nitrogens with zero attached hydrogens (tertiary/aromatic N) is 2. The van der Waals surface area contributed by atoms with Crippen molar-refractivity contribution in [3.05, 3.63) is 198 Å². The van der Waals surface area contributed by atoms with Gasteiger partial charge < -0.3 is 9.80 Å². The fourth-order valence-electron chi connectivity index (χ4n) is 11.2. The normalized spacial score (nSPS) is 13.7. The summed E-state index contributed by atoms with van der Waals surface area (Å²) in [6.45, 7) is 27.9. The molecule has 9 aromatic rings. The molecule has 0 atom stereocenters. The molecule has 0 unspecified atom stereocenters. The van der Waals surface area contributed by atoms with Crippen molar-refractivity contribution in [1.29, 1.82) is 0 Å². The fraction of sp³-hybridized carbons (Fsp3) is 0.242. The highest BCUT2D eigenvalue weighted by Crippen LogP contribution is 2.50. The van der Waals surface area contributed by atoms with Gasteiger partial charge in [0.1, 0.15) is 0 Å². The molecule has 0 bridgehead atoms. The first-order chi connectivity index (χ1) is 32.8. The highest BCUT2D eigenvalue weighted by Gasteiger charge is 2.45. The first-order valence-corrected chi connectivity index (χ1v) is 25.0. The topological polar surface area (TPSA) is 6.48 Å². The average Bonchev–Trinajstić information content (AvgIpc) is 3.32. The monoisotopic (exact) mass is 897 g/mol. The summed E-state index contributed by atoms with van der Waals surface area (Å²) in [6, 6.07) is 67.7. The minimum absolute atomic E-state index is 0.0170. The molecule has 2 aliphatic heterocycles. The zero-order valence-corrected chi connectivity index (χ0v) is 42.7. The van der Waals surface area contributed by atoms with Crippen molar-refractivity contribution in [2.75, 3.05) is 9.80 Å².